The van der Waals surface area contributed by atoms with Gasteiger partial charge in [0.05, 0.1) is 6.26 Å². The Hall–Kier alpha value is -1.49. The van der Waals surface area contributed by atoms with Gasteiger partial charge >= 0.3 is 0 Å². The van der Waals surface area contributed by atoms with Gasteiger partial charge in [0.25, 0.3) is 0 Å². The molecule has 1 aliphatic rings. The first-order chi connectivity index (χ1) is 11.7. The number of furan rings is 1. The molecule has 1 unspecified atom stereocenters. The average molecular weight is 335 g/mol. The lowest BCUT2D eigenvalue weighted by Gasteiger charge is -2.19. The lowest BCUT2D eigenvalue weighted by Crippen LogP contribution is -2.43. The molecule has 1 aromatic heterocycles. The van der Waals surface area contributed by atoms with Crippen molar-refractivity contribution >= 4 is 5.96 Å². The van der Waals surface area contributed by atoms with Gasteiger partial charge in [-0.1, -0.05) is 6.92 Å². The molecule has 0 radical (unpaired) electrons. The lowest BCUT2D eigenvalue weighted by atomic mass is 10.0. The van der Waals surface area contributed by atoms with Crippen molar-refractivity contribution in [3.63, 3.8) is 0 Å². The highest BCUT2D eigenvalue weighted by atomic mass is 16.5. The molecule has 0 spiro atoms. The molecule has 5 heteroatoms. The number of hydrogen-bond donors (Lipinski definition) is 2. The number of ether oxygens (including phenoxy) is 1. The van der Waals surface area contributed by atoms with E-state index in [1.54, 1.807) is 6.26 Å². The van der Waals surface area contributed by atoms with Crippen molar-refractivity contribution in [1.82, 2.24) is 10.6 Å². The van der Waals surface area contributed by atoms with E-state index in [0.717, 1.165) is 57.3 Å². The van der Waals surface area contributed by atoms with E-state index in [-0.39, 0.29) is 0 Å². The molecule has 1 aromatic rings. The Labute approximate surface area is 146 Å². The second-order valence-corrected chi connectivity index (χ2v) is 6.82. The average Bonchev–Trinajstić information content (AvgIpc) is 3.16. The Balaban J connectivity index is 1.82. The fraction of sp³-hybridized carbons (Fsp3) is 0.737. The van der Waals surface area contributed by atoms with Crippen LogP contribution in [0.4, 0.5) is 0 Å². The molecule has 1 fully saturated rings. The van der Waals surface area contributed by atoms with Crippen LogP contribution in [0.2, 0.25) is 0 Å². The number of aliphatic imine (C=N–C) groups is 1. The molecular weight excluding hydrogens is 302 g/mol. The summed E-state index contributed by atoms with van der Waals surface area (Å²) >= 11 is 0. The number of guanidine groups is 1. The topological polar surface area (TPSA) is 58.8 Å². The monoisotopic (exact) mass is 335 g/mol. The summed E-state index contributed by atoms with van der Waals surface area (Å²) in [6, 6.07) is 4.35. The molecule has 2 rings (SSSR count). The van der Waals surface area contributed by atoms with Crippen molar-refractivity contribution in [1.29, 1.82) is 0 Å². The zero-order valence-corrected chi connectivity index (χ0v) is 15.4. The quantitative estimate of drug-likeness (QED) is 0.370. The maximum absolute atomic E-state index is 5.51. The highest BCUT2D eigenvalue weighted by molar-refractivity contribution is 5.80. The van der Waals surface area contributed by atoms with Crippen LogP contribution in [0.5, 0.6) is 0 Å². The Bertz CT molecular complexity index is 481. The van der Waals surface area contributed by atoms with Gasteiger partial charge in [-0.3, -0.25) is 4.99 Å². The summed E-state index contributed by atoms with van der Waals surface area (Å²) in [4.78, 5) is 4.85. The SMILES string of the molecule is CCOCCC1(CN=C(NCCc2ccco2)NC(C)CC)CC1. The van der Waals surface area contributed by atoms with Gasteiger partial charge in [0, 0.05) is 38.8 Å². The minimum absolute atomic E-state index is 0.375. The van der Waals surface area contributed by atoms with Gasteiger partial charge in [0.1, 0.15) is 5.76 Å². The molecule has 0 bridgehead atoms. The van der Waals surface area contributed by atoms with Crippen molar-refractivity contribution in [2.75, 3.05) is 26.3 Å². The van der Waals surface area contributed by atoms with Crippen molar-refractivity contribution in [3.05, 3.63) is 24.2 Å². The lowest BCUT2D eigenvalue weighted by molar-refractivity contribution is 0.129. The summed E-state index contributed by atoms with van der Waals surface area (Å²) in [6.07, 6.45) is 7.32. The zero-order valence-electron chi connectivity index (χ0n) is 15.4. The van der Waals surface area contributed by atoms with Crippen molar-refractivity contribution < 1.29 is 9.15 Å². The largest absolute Gasteiger partial charge is 0.469 e. The van der Waals surface area contributed by atoms with E-state index in [0.29, 0.717) is 11.5 Å². The van der Waals surface area contributed by atoms with Gasteiger partial charge in [-0.05, 0) is 57.1 Å². The van der Waals surface area contributed by atoms with E-state index >= 15 is 0 Å². The van der Waals surface area contributed by atoms with E-state index < -0.39 is 0 Å². The summed E-state index contributed by atoms with van der Waals surface area (Å²) < 4.78 is 10.9. The summed E-state index contributed by atoms with van der Waals surface area (Å²) in [5, 5.41) is 6.93. The molecule has 5 nitrogen and oxygen atoms in total. The van der Waals surface area contributed by atoms with E-state index in [2.05, 4.69) is 31.4 Å². The molecule has 2 N–H and O–H groups in total. The predicted molar refractivity (Wildman–Crippen MR) is 98.4 cm³/mol. The van der Waals surface area contributed by atoms with E-state index in [1.165, 1.54) is 12.8 Å². The molecule has 0 aromatic carbocycles. The third kappa shape index (κ3) is 6.56. The van der Waals surface area contributed by atoms with E-state index in [1.807, 2.05) is 12.1 Å². The zero-order chi connectivity index (χ0) is 17.3. The first kappa shape index (κ1) is 18.8. The van der Waals surface area contributed by atoms with Gasteiger partial charge in [-0.2, -0.15) is 0 Å². The molecule has 1 saturated carbocycles. The molecule has 0 amide bonds. The van der Waals surface area contributed by atoms with Crippen LogP contribution in [0.1, 0.15) is 52.2 Å². The molecule has 1 heterocycles. The van der Waals surface area contributed by atoms with Gasteiger partial charge in [-0.15, -0.1) is 0 Å². The first-order valence-electron chi connectivity index (χ1n) is 9.32. The maximum atomic E-state index is 5.51. The number of nitrogens with zero attached hydrogens (tertiary/aromatic N) is 1. The van der Waals surface area contributed by atoms with Gasteiger partial charge in [0.2, 0.25) is 0 Å². The number of rotatable bonds is 11. The van der Waals surface area contributed by atoms with Crippen molar-refractivity contribution in [3.8, 4) is 0 Å². The van der Waals surface area contributed by atoms with Crippen LogP contribution in [0.15, 0.2) is 27.8 Å². The van der Waals surface area contributed by atoms with Gasteiger partial charge < -0.3 is 19.8 Å². The van der Waals surface area contributed by atoms with Crippen LogP contribution in [-0.2, 0) is 11.2 Å². The third-order valence-corrected chi connectivity index (χ3v) is 4.75. The molecule has 136 valence electrons. The number of hydrogen-bond acceptors (Lipinski definition) is 3. The van der Waals surface area contributed by atoms with Gasteiger partial charge in [0.15, 0.2) is 5.96 Å². The molecule has 24 heavy (non-hydrogen) atoms. The van der Waals surface area contributed by atoms with Crippen LogP contribution in [0.3, 0.4) is 0 Å². The fourth-order valence-corrected chi connectivity index (χ4v) is 2.59. The van der Waals surface area contributed by atoms with Gasteiger partial charge in [-0.25, -0.2) is 0 Å². The molecule has 1 aliphatic carbocycles. The summed E-state index contributed by atoms with van der Waals surface area (Å²) in [7, 11) is 0. The molecule has 0 aliphatic heterocycles. The fourth-order valence-electron chi connectivity index (χ4n) is 2.59. The van der Waals surface area contributed by atoms with Crippen LogP contribution in [-0.4, -0.2) is 38.3 Å². The Morgan fingerprint density at radius 2 is 2.25 bits per heavy atom. The Morgan fingerprint density at radius 3 is 2.88 bits per heavy atom. The highest BCUT2D eigenvalue weighted by Gasteiger charge is 2.41. The number of nitrogens with one attached hydrogen (secondary N) is 2. The Kier molecular flexibility index (Phi) is 7.63. The minimum Gasteiger partial charge on any atom is -0.469 e. The summed E-state index contributed by atoms with van der Waals surface area (Å²) in [5.41, 5.74) is 0.375. The summed E-state index contributed by atoms with van der Waals surface area (Å²) in [6.45, 7) is 9.78. The smallest absolute Gasteiger partial charge is 0.191 e. The van der Waals surface area contributed by atoms with Crippen LogP contribution in [0, 0.1) is 5.41 Å². The highest BCUT2D eigenvalue weighted by Crippen LogP contribution is 2.48. The molecule has 1 atom stereocenters. The summed E-state index contributed by atoms with van der Waals surface area (Å²) in [5.74, 6) is 1.92. The molecular formula is C19H33N3O2. The van der Waals surface area contributed by atoms with Crippen molar-refractivity contribution in [2.24, 2.45) is 10.4 Å². The third-order valence-electron chi connectivity index (χ3n) is 4.75. The minimum atomic E-state index is 0.375. The van der Waals surface area contributed by atoms with Crippen LogP contribution in [0.25, 0.3) is 0 Å². The first-order valence-corrected chi connectivity index (χ1v) is 9.32. The maximum Gasteiger partial charge on any atom is 0.191 e. The Morgan fingerprint density at radius 1 is 1.42 bits per heavy atom. The predicted octanol–water partition coefficient (Wildman–Crippen LogP) is 3.36. The van der Waals surface area contributed by atoms with Crippen molar-refractivity contribution in [2.45, 2.75) is 58.9 Å². The second kappa shape index (κ2) is 9.72. The van der Waals surface area contributed by atoms with Crippen LogP contribution >= 0.6 is 0 Å². The molecule has 0 saturated heterocycles. The standard InChI is InChI=1S/C19H33N3O2/c1-4-16(3)22-18(20-12-8-17-7-6-13-24-17)21-15-19(9-10-19)11-14-23-5-2/h6-7,13,16H,4-5,8-12,14-15H2,1-3H3,(H2,20,21,22). The van der Waals surface area contributed by atoms with Crippen LogP contribution < -0.4 is 10.6 Å². The van der Waals surface area contributed by atoms with E-state index in [9.17, 15) is 0 Å². The van der Waals surface area contributed by atoms with E-state index in [4.69, 9.17) is 14.1 Å². The normalized spacial score (nSPS) is 17.5. The second-order valence-electron chi connectivity index (χ2n) is 6.82.